The van der Waals surface area contributed by atoms with E-state index in [1.54, 1.807) is 13.4 Å². The van der Waals surface area contributed by atoms with E-state index in [1.807, 2.05) is 18.2 Å². The van der Waals surface area contributed by atoms with Gasteiger partial charge in [-0.05, 0) is 38.4 Å². The van der Waals surface area contributed by atoms with Crippen molar-refractivity contribution < 1.29 is 23.8 Å². The number of esters is 1. The standard InChI is InChI=1S/C22H26N2O5/c1-12-14-10-24-8-7-22(18(24)9-13(14)15(11-29-12)20(25)28-3)19-16(23-21(22)26)5-4-6-17(19)27-2/h4-6,11-14,18H,7-10H2,1-3H3,(H,23,26). The van der Waals surface area contributed by atoms with E-state index in [2.05, 4.69) is 17.1 Å². The van der Waals surface area contributed by atoms with Gasteiger partial charge >= 0.3 is 5.97 Å². The Morgan fingerprint density at radius 2 is 2.17 bits per heavy atom. The quantitative estimate of drug-likeness (QED) is 0.769. The topological polar surface area (TPSA) is 77.1 Å². The molecule has 1 aromatic carbocycles. The summed E-state index contributed by atoms with van der Waals surface area (Å²) in [5.41, 5.74) is 1.72. The van der Waals surface area contributed by atoms with Crippen LogP contribution < -0.4 is 10.1 Å². The Kier molecular flexibility index (Phi) is 4.13. The number of fused-ring (bicyclic) bond motifs is 5. The lowest BCUT2D eigenvalue weighted by Gasteiger charge is -2.48. The number of carbonyl (C=O) groups is 2. The molecular formula is C22H26N2O5. The number of hydrogen-bond acceptors (Lipinski definition) is 6. The van der Waals surface area contributed by atoms with Crippen molar-refractivity contribution in [3.63, 3.8) is 0 Å². The fourth-order valence-corrected chi connectivity index (χ4v) is 6.03. The van der Waals surface area contributed by atoms with Crippen molar-refractivity contribution in [3.05, 3.63) is 35.6 Å². The zero-order valence-corrected chi connectivity index (χ0v) is 16.9. The van der Waals surface area contributed by atoms with Gasteiger partial charge in [-0.15, -0.1) is 0 Å². The van der Waals surface area contributed by atoms with Crippen LogP contribution in [0.25, 0.3) is 0 Å². The zero-order chi connectivity index (χ0) is 20.3. The molecule has 4 aliphatic rings. The van der Waals surface area contributed by atoms with Crippen LogP contribution in [-0.4, -0.2) is 56.2 Å². The van der Waals surface area contributed by atoms with Gasteiger partial charge in [0.15, 0.2) is 0 Å². The summed E-state index contributed by atoms with van der Waals surface area (Å²) in [5, 5.41) is 3.09. The molecule has 0 bridgehead atoms. The van der Waals surface area contributed by atoms with Gasteiger partial charge in [0.25, 0.3) is 0 Å². The van der Waals surface area contributed by atoms with E-state index in [1.165, 1.54) is 7.11 Å². The fourth-order valence-electron chi connectivity index (χ4n) is 6.03. The molecule has 5 unspecified atom stereocenters. The summed E-state index contributed by atoms with van der Waals surface area (Å²) in [5.74, 6) is 0.637. The molecule has 5 rings (SSSR count). The van der Waals surface area contributed by atoms with Crippen LogP contribution in [0.4, 0.5) is 5.69 Å². The fraction of sp³-hybridized carbons (Fsp3) is 0.545. The van der Waals surface area contributed by atoms with Crippen LogP contribution in [0.5, 0.6) is 5.75 Å². The molecule has 5 atom stereocenters. The minimum atomic E-state index is -0.657. The predicted octanol–water partition coefficient (Wildman–Crippen LogP) is 2.07. The van der Waals surface area contributed by atoms with E-state index in [9.17, 15) is 9.59 Å². The van der Waals surface area contributed by atoms with Crippen molar-refractivity contribution in [3.8, 4) is 5.75 Å². The van der Waals surface area contributed by atoms with E-state index in [-0.39, 0.29) is 35.9 Å². The highest BCUT2D eigenvalue weighted by atomic mass is 16.5. The number of benzene rings is 1. The number of methoxy groups -OCH3 is 2. The second kappa shape index (κ2) is 6.49. The molecule has 4 heterocycles. The van der Waals surface area contributed by atoms with Gasteiger partial charge in [-0.3, -0.25) is 9.69 Å². The van der Waals surface area contributed by atoms with E-state index in [0.29, 0.717) is 12.0 Å². The second-order valence-corrected chi connectivity index (χ2v) is 8.48. The Labute approximate surface area is 170 Å². The molecule has 1 N–H and O–H groups in total. The maximum absolute atomic E-state index is 13.4. The number of hydrogen-bond donors (Lipinski definition) is 1. The highest BCUT2D eigenvalue weighted by Gasteiger charge is 2.62. The number of nitrogens with one attached hydrogen (secondary N) is 1. The molecule has 2 saturated heterocycles. The Bertz CT molecular complexity index is 912. The lowest BCUT2D eigenvalue weighted by Crippen LogP contribution is -2.56. The summed E-state index contributed by atoms with van der Waals surface area (Å²) in [4.78, 5) is 28.2. The maximum Gasteiger partial charge on any atom is 0.337 e. The first-order valence-corrected chi connectivity index (χ1v) is 10.2. The average Bonchev–Trinajstić information content (AvgIpc) is 3.25. The maximum atomic E-state index is 13.4. The molecule has 7 nitrogen and oxygen atoms in total. The Hall–Kier alpha value is -2.54. The minimum Gasteiger partial charge on any atom is -0.497 e. The third kappa shape index (κ3) is 2.40. The molecule has 154 valence electrons. The monoisotopic (exact) mass is 398 g/mol. The molecule has 0 aromatic heterocycles. The molecule has 0 radical (unpaired) electrons. The van der Waals surface area contributed by atoms with Crippen molar-refractivity contribution in [2.24, 2.45) is 11.8 Å². The third-order valence-electron chi connectivity index (χ3n) is 7.42. The van der Waals surface area contributed by atoms with Gasteiger partial charge in [0.2, 0.25) is 5.91 Å². The summed E-state index contributed by atoms with van der Waals surface area (Å²) in [6.45, 7) is 3.68. The summed E-state index contributed by atoms with van der Waals surface area (Å²) < 4.78 is 16.4. The Balaban J connectivity index is 1.58. The van der Waals surface area contributed by atoms with Crippen molar-refractivity contribution in [2.45, 2.75) is 37.3 Å². The van der Waals surface area contributed by atoms with Crippen LogP contribution in [-0.2, 0) is 24.5 Å². The third-order valence-corrected chi connectivity index (χ3v) is 7.42. The molecule has 1 amide bonds. The number of carbonyl (C=O) groups excluding carboxylic acids is 2. The number of nitrogens with zero attached hydrogens (tertiary/aromatic N) is 1. The first-order chi connectivity index (χ1) is 14.0. The van der Waals surface area contributed by atoms with Crippen LogP contribution in [0.15, 0.2) is 30.0 Å². The van der Waals surface area contributed by atoms with Gasteiger partial charge in [0, 0.05) is 35.7 Å². The van der Waals surface area contributed by atoms with Crippen LogP contribution in [0.3, 0.4) is 0 Å². The molecule has 7 heteroatoms. The number of anilines is 1. The van der Waals surface area contributed by atoms with Crippen molar-refractivity contribution in [1.82, 2.24) is 4.90 Å². The van der Waals surface area contributed by atoms with Gasteiger partial charge in [-0.1, -0.05) is 6.07 Å². The highest BCUT2D eigenvalue weighted by Crippen LogP contribution is 2.56. The van der Waals surface area contributed by atoms with Crippen molar-refractivity contribution in [1.29, 1.82) is 0 Å². The number of piperidine rings is 1. The van der Waals surface area contributed by atoms with Crippen LogP contribution in [0, 0.1) is 11.8 Å². The molecule has 2 fully saturated rings. The SMILES string of the molecule is COC(=O)C1=COC(C)C2CN3CCC4(C(=O)Nc5cccc(OC)c54)C3CC12. The van der Waals surface area contributed by atoms with Gasteiger partial charge < -0.3 is 19.5 Å². The Morgan fingerprint density at radius 3 is 2.93 bits per heavy atom. The summed E-state index contributed by atoms with van der Waals surface area (Å²) >= 11 is 0. The van der Waals surface area contributed by atoms with Crippen LogP contribution in [0.2, 0.25) is 0 Å². The lowest BCUT2D eigenvalue weighted by molar-refractivity contribution is -0.139. The predicted molar refractivity (Wildman–Crippen MR) is 106 cm³/mol. The summed E-state index contributed by atoms with van der Waals surface area (Å²) in [6.07, 6.45) is 3.04. The summed E-state index contributed by atoms with van der Waals surface area (Å²) in [7, 11) is 3.04. The number of amides is 1. The normalized spacial score (nSPS) is 35.1. The van der Waals surface area contributed by atoms with E-state index in [0.717, 1.165) is 36.5 Å². The van der Waals surface area contributed by atoms with Crippen molar-refractivity contribution >= 4 is 17.6 Å². The Morgan fingerprint density at radius 1 is 1.34 bits per heavy atom. The first kappa shape index (κ1) is 18.5. The first-order valence-electron chi connectivity index (χ1n) is 10.2. The number of ether oxygens (including phenoxy) is 3. The van der Waals surface area contributed by atoms with Gasteiger partial charge in [-0.25, -0.2) is 4.79 Å². The number of rotatable bonds is 2. The van der Waals surface area contributed by atoms with Crippen LogP contribution >= 0.6 is 0 Å². The average molecular weight is 398 g/mol. The molecule has 1 aromatic rings. The largest absolute Gasteiger partial charge is 0.497 e. The molecule has 29 heavy (non-hydrogen) atoms. The highest BCUT2D eigenvalue weighted by molar-refractivity contribution is 6.08. The zero-order valence-electron chi connectivity index (χ0n) is 16.9. The second-order valence-electron chi connectivity index (χ2n) is 8.48. The molecule has 4 aliphatic heterocycles. The van der Waals surface area contributed by atoms with Crippen LogP contribution in [0.1, 0.15) is 25.3 Å². The smallest absolute Gasteiger partial charge is 0.337 e. The molecule has 0 aliphatic carbocycles. The minimum absolute atomic E-state index is 0.000318. The molecule has 1 spiro atoms. The van der Waals surface area contributed by atoms with Gasteiger partial charge in [-0.2, -0.15) is 0 Å². The lowest BCUT2D eigenvalue weighted by atomic mass is 9.66. The van der Waals surface area contributed by atoms with Gasteiger partial charge in [0.05, 0.1) is 37.6 Å². The van der Waals surface area contributed by atoms with Gasteiger partial charge in [0.1, 0.15) is 5.75 Å². The summed E-state index contributed by atoms with van der Waals surface area (Å²) in [6, 6.07) is 5.76. The molecular weight excluding hydrogens is 372 g/mol. The van der Waals surface area contributed by atoms with E-state index >= 15 is 0 Å². The van der Waals surface area contributed by atoms with E-state index < -0.39 is 5.41 Å². The molecule has 0 saturated carbocycles. The van der Waals surface area contributed by atoms with Crippen molar-refractivity contribution in [2.75, 3.05) is 32.6 Å². The van der Waals surface area contributed by atoms with E-state index in [4.69, 9.17) is 14.2 Å².